The molecule has 5 heteroatoms. The van der Waals surface area contributed by atoms with Gasteiger partial charge in [-0.05, 0) is 24.1 Å². The molecule has 0 aliphatic rings. The molecule has 24 heavy (non-hydrogen) atoms. The highest BCUT2D eigenvalue weighted by atomic mass is 16.5. The number of benzene rings is 1. The molecule has 0 aliphatic heterocycles. The molecule has 118 valence electrons. The molecule has 0 amide bonds. The third kappa shape index (κ3) is 2.96. The second-order valence-electron chi connectivity index (χ2n) is 5.61. The van der Waals surface area contributed by atoms with E-state index < -0.39 is 0 Å². The molecule has 0 fully saturated rings. The van der Waals surface area contributed by atoms with Crippen LogP contribution in [-0.2, 0) is 6.61 Å². The number of hydrogen-bond acceptors (Lipinski definition) is 4. The van der Waals surface area contributed by atoms with E-state index in [1.54, 1.807) is 6.20 Å². The lowest BCUT2D eigenvalue weighted by molar-refractivity contribution is 0.289. The van der Waals surface area contributed by atoms with Gasteiger partial charge in [0.25, 0.3) is 0 Å². The Balaban J connectivity index is 1.57. The number of pyridine rings is 1. The van der Waals surface area contributed by atoms with Crippen molar-refractivity contribution in [3.8, 4) is 17.0 Å². The second-order valence-corrected chi connectivity index (χ2v) is 5.61. The maximum atomic E-state index is 5.70. The van der Waals surface area contributed by atoms with E-state index in [1.165, 1.54) is 0 Å². The topological polar surface area (TPSA) is 52.3 Å². The fraction of sp³-hybridized carbons (Fsp3) is 0.105. The third-order valence-corrected chi connectivity index (χ3v) is 3.73. The Morgan fingerprint density at radius 1 is 1.00 bits per heavy atom. The third-order valence-electron chi connectivity index (χ3n) is 3.73. The number of hydrogen-bond donors (Lipinski definition) is 0. The van der Waals surface area contributed by atoms with Crippen molar-refractivity contribution in [3.05, 3.63) is 78.5 Å². The minimum Gasteiger partial charge on any atom is -0.471 e. The number of imidazole rings is 1. The monoisotopic (exact) mass is 316 g/mol. The molecular formula is C19H16N4O. The summed E-state index contributed by atoms with van der Waals surface area (Å²) >= 11 is 0. The highest BCUT2D eigenvalue weighted by Crippen LogP contribution is 2.18. The van der Waals surface area contributed by atoms with Crippen LogP contribution in [0.4, 0.5) is 0 Å². The molecule has 4 rings (SSSR count). The summed E-state index contributed by atoms with van der Waals surface area (Å²) in [6.45, 7) is 2.37. The van der Waals surface area contributed by atoms with Crippen molar-refractivity contribution < 1.29 is 4.74 Å². The van der Waals surface area contributed by atoms with E-state index in [0.717, 1.165) is 22.4 Å². The van der Waals surface area contributed by atoms with Crippen molar-refractivity contribution >= 4 is 5.78 Å². The average molecular weight is 316 g/mol. The fourth-order valence-corrected chi connectivity index (χ4v) is 2.52. The zero-order chi connectivity index (χ0) is 16.4. The van der Waals surface area contributed by atoms with Crippen LogP contribution < -0.4 is 4.74 Å². The van der Waals surface area contributed by atoms with Crippen LogP contribution >= 0.6 is 0 Å². The van der Waals surface area contributed by atoms with Gasteiger partial charge in [-0.2, -0.15) is 0 Å². The van der Waals surface area contributed by atoms with Crippen LogP contribution in [0.2, 0.25) is 0 Å². The SMILES string of the molecule is Cc1ccnc(OCc2cn3cc(-c4ccccc4)cnc3n2)c1. The molecule has 0 saturated carbocycles. The quantitative estimate of drug-likeness (QED) is 0.576. The highest BCUT2D eigenvalue weighted by Gasteiger charge is 2.06. The van der Waals surface area contributed by atoms with Crippen LogP contribution in [0.25, 0.3) is 16.9 Å². The van der Waals surface area contributed by atoms with Crippen LogP contribution in [0.15, 0.2) is 67.3 Å². The van der Waals surface area contributed by atoms with Crippen LogP contribution in [0.1, 0.15) is 11.3 Å². The second kappa shape index (κ2) is 6.12. The average Bonchev–Trinajstić information content (AvgIpc) is 3.03. The fourth-order valence-electron chi connectivity index (χ4n) is 2.52. The summed E-state index contributed by atoms with van der Waals surface area (Å²) in [5, 5.41) is 0. The van der Waals surface area contributed by atoms with Crippen molar-refractivity contribution in [1.29, 1.82) is 0 Å². The van der Waals surface area contributed by atoms with Crippen molar-refractivity contribution in [3.63, 3.8) is 0 Å². The molecule has 5 nitrogen and oxygen atoms in total. The Kier molecular flexibility index (Phi) is 3.67. The highest BCUT2D eigenvalue weighted by molar-refractivity contribution is 5.62. The standard InChI is InChI=1S/C19H16N4O/c1-14-7-8-20-18(9-14)24-13-17-12-23-11-16(10-21-19(23)22-17)15-5-3-2-4-6-15/h2-12H,13H2,1H3. The van der Waals surface area contributed by atoms with Gasteiger partial charge in [0.15, 0.2) is 0 Å². The summed E-state index contributed by atoms with van der Waals surface area (Å²) in [5.74, 6) is 1.26. The van der Waals surface area contributed by atoms with Crippen LogP contribution in [0.5, 0.6) is 5.88 Å². The van der Waals surface area contributed by atoms with Gasteiger partial charge >= 0.3 is 0 Å². The van der Waals surface area contributed by atoms with Gasteiger partial charge in [0.05, 0.1) is 5.69 Å². The molecule has 0 atom stereocenters. The molecule has 0 radical (unpaired) electrons. The number of rotatable bonds is 4. The van der Waals surface area contributed by atoms with Crippen molar-refractivity contribution in [1.82, 2.24) is 19.4 Å². The Hall–Kier alpha value is -3.21. The summed E-state index contributed by atoms with van der Waals surface area (Å²) in [7, 11) is 0. The Morgan fingerprint density at radius 2 is 1.88 bits per heavy atom. The number of aryl methyl sites for hydroxylation is 1. The Labute approximate surface area is 139 Å². The first-order valence-corrected chi connectivity index (χ1v) is 7.72. The largest absolute Gasteiger partial charge is 0.471 e. The van der Waals surface area contributed by atoms with Gasteiger partial charge in [-0.1, -0.05) is 30.3 Å². The summed E-state index contributed by atoms with van der Waals surface area (Å²) in [6.07, 6.45) is 7.54. The number of aromatic nitrogens is 4. The van der Waals surface area contributed by atoms with E-state index in [0.29, 0.717) is 18.3 Å². The lowest BCUT2D eigenvalue weighted by Gasteiger charge is -2.02. The minimum absolute atomic E-state index is 0.362. The van der Waals surface area contributed by atoms with E-state index in [9.17, 15) is 0 Å². The van der Waals surface area contributed by atoms with Gasteiger partial charge in [0.2, 0.25) is 11.7 Å². The zero-order valence-corrected chi connectivity index (χ0v) is 13.3. The van der Waals surface area contributed by atoms with Crippen LogP contribution in [0, 0.1) is 6.92 Å². The zero-order valence-electron chi connectivity index (χ0n) is 13.3. The Morgan fingerprint density at radius 3 is 2.71 bits per heavy atom. The lowest BCUT2D eigenvalue weighted by Crippen LogP contribution is -1.97. The molecule has 4 aromatic rings. The van der Waals surface area contributed by atoms with Crippen LogP contribution in [-0.4, -0.2) is 19.4 Å². The summed E-state index contributed by atoms with van der Waals surface area (Å²) in [6, 6.07) is 14.0. The van der Waals surface area contributed by atoms with Crippen LogP contribution in [0.3, 0.4) is 0 Å². The van der Waals surface area contributed by atoms with E-state index in [4.69, 9.17) is 4.74 Å². The van der Waals surface area contributed by atoms with E-state index in [2.05, 4.69) is 27.1 Å². The normalized spacial score (nSPS) is 10.9. The summed E-state index contributed by atoms with van der Waals surface area (Å²) < 4.78 is 7.62. The predicted octanol–water partition coefficient (Wildman–Crippen LogP) is 3.68. The molecule has 3 aromatic heterocycles. The molecule has 0 spiro atoms. The smallest absolute Gasteiger partial charge is 0.234 e. The summed E-state index contributed by atoms with van der Waals surface area (Å²) in [4.78, 5) is 13.1. The molecule has 0 unspecified atom stereocenters. The van der Waals surface area contributed by atoms with Crippen molar-refractivity contribution in [2.24, 2.45) is 0 Å². The molecule has 0 saturated heterocycles. The van der Waals surface area contributed by atoms with Gasteiger partial charge in [-0.15, -0.1) is 0 Å². The number of nitrogens with zero attached hydrogens (tertiary/aromatic N) is 4. The lowest BCUT2D eigenvalue weighted by atomic mass is 10.1. The van der Waals surface area contributed by atoms with E-state index in [-0.39, 0.29) is 0 Å². The number of fused-ring (bicyclic) bond motifs is 1. The number of ether oxygens (including phenoxy) is 1. The summed E-state index contributed by atoms with van der Waals surface area (Å²) in [5.41, 5.74) is 4.11. The Bertz CT molecular complexity index is 979. The molecule has 0 bridgehead atoms. The van der Waals surface area contributed by atoms with Crippen molar-refractivity contribution in [2.75, 3.05) is 0 Å². The molecular weight excluding hydrogens is 300 g/mol. The van der Waals surface area contributed by atoms with Gasteiger partial charge in [0.1, 0.15) is 6.61 Å². The maximum absolute atomic E-state index is 5.70. The molecule has 0 aliphatic carbocycles. The van der Waals surface area contributed by atoms with E-state index in [1.807, 2.05) is 60.2 Å². The first-order valence-electron chi connectivity index (χ1n) is 7.72. The van der Waals surface area contributed by atoms with Gasteiger partial charge in [-0.25, -0.2) is 15.0 Å². The molecule has 3 heterocycles. The van der Waals surface area contributed by atoms with Gasteiger partial charge in [0, 0.05) is 36.4 Å². The van der Waals surface area contributed by atoms with Crippen molar-refractivity contribution in [2.45, 2.75) is 13.5 Å². The first kappa shape index (κ1) is 14.4. The maximum Gasteiger partial charge on any atom is 0.234 e. The predicted molar refractivity (Wildman–Crippen MR) is 91.7 cm³/mol. The van der Waals surface area contributed by atoms with E-state index >= 15 is 0 Å². The molecule has 1 aromatic carbocycles. The first-order chi connectivity index (χ1) is 11.8. The minimum atomic E-state index is 0.362. The molecule has 0 N–H and O–H groups in total. The van der Waals surface area contributed by atoms with Gasteiger partial charge in [-0.3, -0.25) is 4.40 Å². The van der Waals surface area contributed by atoms with Gasteiger partial charge < -0.3 is 4.74 Å².